The summed E-state index contributed by atoms with van der Waals surface area (Å²) in [7, 11) is 0. The molecule has 1 aliphatic heterocycles. The summed E-state index contributed by atoms with van der Waals surface area (Å²) < 4.78 is 8.31. The molecule has 1 fully saturated rings. The summed E-state index contributed by atoms with van der Waals surface area (Å²) in [4.78, 5) is 12.5. The summed E-state index contributed by atoms with van der Waals surface area (Å²) in [6.07, 6.45) is 2.86. The third-order valence-electron chi connectivity index (χ3n) is 5.02. The predicted octanol–water partition coefficient (Wildman–Crippen LogP) is 4.05. The van der Waals surface area contributed by atoms with Crippen molar-refractivity contribution in [2.45, 2.75) is 43.6 Å². The highest BCUT2D eigenvalue weighted by atomic mass is 32.2. The van der Waals surface area contributed by atoms with E-state index in [4.69, 9.17) is 4.74 Å². The van der Waals surface area contributed by atoms with Crippen molar-refractivity contribution in [2.75, 3.05) is 29.5 Å². The summed E-state index contributed by atoms with van der Waals surface area (Å²) in [5.74, 6) is 0.601. The predicted molar refractivity (Wildman–Crippen MR) is 124 cm³/mol. The summed E-state index contributed by atoms with van der Waals surface area (Å²) in [6.45, 7) is 5.47. The van der Waals surface area contributed by atoms with Gasteiger partial charge < -0.3 is 15.4 Å². The Balaban J connectivity index is 1.25. The first-order valence-electron chi connectivity index (χ1n) is 10.3. The molecule has 8 nitrogen and oxygen atoms in total. The number of anilines is 2. The molecule has 164 valence electrons. The average Bonchev–Trinajstić information content (AvgIpc) is 3.51. The molecule has 0 bridgehead atoms. The Labute approximate surface area is 189 Å². The SMILES string of the molecule is Cc1nn(-c2ccccc2)c(C)c1NC(=O)CCSc1nnc(NCC2CCCO2)s1. The summed E-state index contributed by atoms with van der Waals surface area (Å²) >= 11 is 3.05. The van der Waals surface area contributed by atoms with E-state index in [0.717, 1.165) is 58.2 Å². The van der Waals surface area contributed by atoms with Crippen LogP contribution in [0, 0.1) is 13.8 Å². The van der Waals surface area contributed by atoms with E-state index in [2.05, 4.69) is 25.9 Å². The monoisotopic (exact) mass is 458 g/mol. The zero-order chi connectivity index (χ0) is 21.6. The van der Waals surface area contributed by atoms with Crippen LogP contribution in [0.25, 0.3) is 5.69 Å². The molecule has 3 heterocycles. The smallest absolute Gasteiger partial charge is 0.225 e. The largest absolute Gasteiger partial charge is 0.376 e. The second kappa shape index (κ2) is 10.3. The van der Waals surface area contributed by atoms with Gasteiger partial charge >= 0.3 is 0 Å². The number of ether oxygens (including phenoxy) is 1. The first kappa shape index (κ1) is 21.8. The number of benzene rings is 1. The van der Waals surface area contributed by atoms with E-state index in [1.54, 1.807) is 11.8 Å². The number of thioether (sulfide) groups is 1. The van der Waals surface area contributed by atoms with Crippen molar-refractivity contribution in [3.63, 3.8) is 0 Å². The lowest BCUT2D eigenvalue weighted by Gasteiger charge is -2.08. The number of aryl methyl sites for hydroxylation is 1. The van der Waals surface area contributed by atoms with Crippen LogP contribution in [0.4, 0.5) is 10.8 Å². The summed E-state index contributed by atoms with van der Waals surface area (Å²) in [6, 6.07) is 9.90. The van der Waals surface area contributed by atoms with Gasteiger partial charge in [0.15, 0.2) is 4.34 Å². The van der Waals surface area contributed by atoms with Crippen LogP contribution in [0.5, 0.6) is 0 Å². The normalized spacial score (nSPS) is 15.9. The number of rotatable bonds is 9. The Hall–Kier alpha value is -2.43. The third-order valence-corrected chi connectivity index (χ3v) is 7.04. The maximum atomic E-state index is 12.5. The van der Waals surface area contributed by atoms with Crippen LogP contribution in [-0.2, 0) is 9.53 Å². The van der Waals surface area contributed by atoms with Gasteiger partial charge in [-0.1, -0.05) is 41.3 Å². The zero-order valence-corrected chi connectivity index (χ0v) is 19.3. The van der Waals surface area contributed by atoms with Gasteiger partial charge in [-0.05, 0) is 38.8 Å². The molecule has 2 N–H and O–H groups in total. The highest BCUT2D eigenvalue weighted by Gasteiger charge is 2.17. The van der Waals surface area contributed by atoms with Crippen LogP contribution in [0.15, 0.2) is 34.7 Å². The van der Waals surface area contributed by atoms with Crippen LogP contribution in [0.3, 0.4) is 0 Å². The van der Waals surface area contributed by atoms with E-state index >= 15 is 0 Å². The van der Waals surface area contributed by atoms with Gasteiger partial charge in [-0.3, -0.25) is 4.79 Å². The van der Waals surface area contributed by atoms with Gasteiger partial charge in [0.25, 0.3) is 0 Å². The molecule has 1 aromatic carbocycles. The Morgan fingerprint density at radius 3 is 2.90 bits per heavy atom. The Bertz CT molecular complexity index is 1010. The number of aromatic nitrogens is 4. The van der Waals surface area contributed by atoms with E-state index in [9.17, 15) is 4.79 Å². The Morgan fingerprint density at radius 2 is 2.13 bits per heavy atom. The molecule has 0 radical (unpaired) electrons. The van der Waals surface area contributed by atoms with Crippen LogP contribution in [0.2, 0.25) is 0 Å². The van der Waals surface area contributed by atoms with Gasteiger partial charge in [0, 0.05) is 25.3 Å². The minimum Gasteiger partial charge on any atom is -0.376 e. The lowest BCUT2D eigenvalue weighted by Crippen LogP contribution is -2.18. The molecule has 1 amide bonds. The first-order chi connectivity index (χ1) is 15.1. The molecular weight excluding hydrogens is 432 g/mol. The molecule has 2 aromatic heterocycles. The molecule has 1 aliphatic rings. The van der Waals surface area contributed by atoms with Crippen LogP contribution in [0.1, 0.15) is 30.7 Å². The van der Waals surface area contributed by atoms with Crippen molar-refractivity contribution in [3.8, 4) is 5.69 Å². The van der Waals surface area contributed by atoms with Crippen LogP contribution in [-0.4, -0.2) is 50.9 Å². The fourth-order valence-corrected chi connectivity index (χ4v) is 5.19. The number of hydrogen-bond donors (Lipinski definition) is 2. The number of hydrogen-bond acceptors (Lipinski definition) is 8. The number of nitrogens with one attached hydrogen (secondary N) is 2. The average molecular weight is 459 g/mol. The molecule has 1 atom stereocenters. The maximum Gasteiger partial charge on any atom is 0.225 e. The minimum absolute atomic E-state index is 0.0347. The van der Waals surface area contributed by atoms with E-state index in [1.165, 1.54) is 11.3 Å². The second-order valence-corrected chi connectivity index (χ2v) is 9.65. The topological polar surface area (TPSA) is 94.0 Å². The van der Waals surface area contributed by atoms with Gasteiger partial charge in [0.2, 0.25) is 11.0 Å². The lowest BCUT2D eigenvalue weighted by molar-refractivity contribution is -0.115. The van der Waals surface area contributed by atoms with Crippen molar-refractivity contribution in [1.82, 2.24) is 20.0 Å². The van der Waals surface area contributed by atoms with Gasteiger partial charge in [-0.2, -0.15) is 5.10 Å². The molecule has 0 spiro atoms. The van der Waals surface area contributed by atoms with Gasteiger partial charge in [0.05, 0.1) is 28.9 Å². The lowest BCUT2D eigenvalue weighted by atomic mass is 10.2. The van der Waals surface area contributed by atoms with Gasteiger partial charge in [-0.15, -0.1) is 10.2 Å². The summed E-state index contributed by atoms with van der Waals surface area (Å²) in [5.41, 5.74) is 3.46. The molecule has 31 heavy (non-hydrogen) atoms. The first-order valence-corrected chi connectivity index (χ1v) is 12.1. The molecular formula is C21H26N6O2S2. The van der Waals surface area contributed by atoms with Crippen molar-refractivity contribution in [3.05, 3.63) is 41.7 Å². The Morgan fingerprint density at radius 1 is 1.29 bits per heavy atom. The van der Waals surface area contributed by atoms with Crippen LogP contribution < -0.4 is 10.6 Å². The van der Waals surface area contributed by atoms with E-state index in [1.807, 2.05) is 48.9 Å². The molecule has 0 aliphatic carbocycles. The molecule has 3 aromatic rings. The van der Waals surface area contributed by atoms with Crippen molar-refractivity contribution < 1.29 is 9.53 Å². The van der Waals surface area contributed by atoms with E-state index in [0.29, 0.717) is 12.2 Å². The fourth-order valence-electron chi connectivity index (χ4n) is 3.42. The van der Waals surface area contributed by atoms with Crippen LogP contribution >= 0.6 is 23.1 Å². The van der Waals surface area contributed by atoms with Gasteiger partial charge in [-0.25, -0.2) is 4.68 Å². The highest BCUT2D eigenvalue weighted by Crippen LogP contribution is 2.27. The highest BCUT2D eigenvalue weighted by molar-refractivity contribution is 8.01. The zero-order valence-electron chi connectivity index (χ0n) is 17.6. The number of amides is 1. The van der Waals surface area contributed by atoms with Crippen molar-refractivity contribution in [2.24, 2.45) is 0 Å². The second-order valence-electron chi connectivity index (χ2n) is 7.33. The minimum atomic E-state index is -0.0347. The molecule has 1 unspecified atom stereocenters. The van der Waals surface area contributed by atoms with Crippen molar-refractivity contribution >= 4 is 39.8 Å². The number of nitrogens with zero attached hydrogens (tertiary/aromatic N) is 4. The molecule has 10 heteroatoms. The van der Waals surface area contributed by atoms with E-state index < -0.39 is 0 Å². The van der Waals surface area contributed by atoms with E-state index in [-0.39, 0.29) is 12.0 Å². The number of para-hydroxylation sites is 1. The molecule has 4 rings (SSSR count). The quantitative estimate of drug-likeness (QED) is 0.467. The van der Waals surface area contributed by atoms with Gasteiger partial charge in [0.1, 0.15) is 0 Å². The fraction of sp³-hybridized carbons (Fsp3) is 0.429. The number of carbonyl (C=O) groups excluding carboxylic acids is 1. The third kappa shape index (κ3) is 5.63. The Kier molecular flexibility index (Phi) is 7.21. The summed E-state index contributed by atoms with van der Waals surface area (Å²) in [5, 5.41) is 20.0. The maximum absolute atomic E-state index is 12.5. The standard InChI is InChI=1S/C21H26N6O2S2/c1-14-19(15(2)27(26-14)16-7-4-3-5-8-16)23-18(28)10-12-30-21-25-24-20(31-21)22-13-17-9-6-11-29-17/h3-5,7-8,17H,6,9-13H2,1-2H3,(H,22,24)(H,23,28). The van der Waals surface area contributed by atoms with Crippen molar-refractivity contribution in [1.29, 1.82) is 0 Å². The number of carbonyl (C=O) groups is 1. The molecule has 1 saturated heterocycles. The molecule has 0 saturated carbocycles.